The van der Waals surface area contributed by atoms with Crippen molar-refractivity contribution >= 4 is 11.0 Å². The Morgan fingerprint density at radius 2 is 1.84 bits per heavy atom. The highest BCUT2D eigenvalue weighted by atomic mass is 16.5. The number of aryl methyl sites for hydroxylation is 2. The van der Waals surface area contributed by atoms with E-state index in [0.717, 1.165) is 49.7 Å². The van der Waals surface area contributed by atoms with Gasteiger partial charge in [-0.1, -0.05) is 12.1 Å². The van der Waals surface area contributed by atoms with Crippen molar-refractivity contribution in [3.63, 3.8) is 0 Å². The molecular weight excluding hydrogens is 314 g/mol. The molecule has 2 heterocycles. The van der Waals surface area contributed by atoms with Gasteiger partial charge in [0.05, 0.1) is 11.0 Å². The molecule has 5 heteroatoms. The lowest BCUT2D eigenvalue weighted by atomic mass is 9.94. The molecule has 25 heavy (non-hydrogen) atoms. The van der Waals surface area contributed by atoms with Gasteiger partial charge >= 0.3 is 5.69 Å². The van der Waals surface area contributed by atoms with Gasteiger partial charge in [0.1, 0.15) is 0 Å². The molecule has 1 saturated heterocycles. The summed E-state index contributed by atoms with van der Waals surface area (Å²) in [5.74, 6) is 0.823. The molecule has 0 N–H and O–H groups in total. The van der Waals surface area contributed by atoms with Crippen molar-refractivity contribution in [1.29, 1.82) is 0 Å². The minimum atomic E-state index is 0.0934. The van der Waals surface area contributed by atoms with Gasteiger partial charge in [-0.25, -0.2) is 4.79 Å². The van der Waals surface area contributed by atoms with Gasteiger partial charge in [0.15, 0.2) is 0 Å². The number of likely N-dealkylation sites (tertiary alicyclic amines) is 1. The molecule has 0 saturated carbocycles. The predicted octanol–water partition coefficient (Wildman–Crippen LogP) is 2.87. The summed E-state index contributed by atoms with van der Waals surface area (Å²) >= 11 is 0. The number of benzene rings is 1. The quantitative estimate of drug-likeness (QED) is 0.691. The van der Waals surface area contributed by atoms with Crippen molar-refractivity contribution in [3.8, 4) is 0 Å². The van der Waals surface area contributed by atoms with Crippen LogP contribution in [0.3, 0.4) is 0 Å². The highest BCUT2D eigenvalue weighted by Crippen LogP contribution is 2.20. The largest absolute Gasteiger partial charge is 0.382 e. The average Bonchev–Trinajstić information content (AvgIpc) is 2.88. The maximum atomic E-state index is 12.4. The predicted molar refractivity (Wildman–Crippen MR) is 102 cm³/mol. The summed E-state index contributed by atoms with van der Waals surface area (Å²) < 4.78 is 9.15. The highest BCUT2D eigenvalue weighted by molar-refractivity contribution is 5.75. The second kappa shape index (κ2) is 8.68. The number of imidazole rings is 1. The third-order valence-electron chi connectivity index (χ3n) is 5.49. The molecule has 1 fully saturated rings. The molecule has 0 bridgehead atoms. The lowest BCUT2D eigenvalue weighted by molar-refractivity contribution is 0.109. The smallest absolute Gasteiger partial charge is 0.328 e. The van der Waals surface area contributed by atoms with Crippen LogP contribution >= 0.6 is 0 Å². The molecule has 1 aliphatic rings. The average molecular weight is 345 g/mol. The summed E-state index contributed by atoms with van der Waals surface area (Å²) in [7, 11) is 1.86. The molecule has 1 aliphatic heterocycles. The SMILES string of the molecule is CCOCCC1CCN(CCCn2c(=O)n(C)c3ccccc32)CC1. The second-order valence-electron chi connectivity index (χ2n) is 7.11. The van der Waals surface area contributed by atoms with Gasteiger partial charge in [-0.3, -0.25) is 9.13 Å². The Hall–Kier alpha value is -1.59. The Balaban J connectivity index is 1.47. The molecule has 0 amide bonds. The fraction of sp³-hybridized carbons (Fsp3) is 0.650. The van der Waals surface area contributed by atoms with Crippen molar-refractivity contribution in [1.82, 2.24) is 14.0 Å². The van der Waals surface area contributed by atoms with Crippen LogP contribution in [0.25, 0.3) is 11.0 Å². The molecule has 2 aromatic rings. The number of rotatable bonds is 8. The van der Waals surface area contributed by atoms with Gasteiger partial charge in [0, 0.05) is 26.8 Å². The molecular formula is C20H31N3O2. The van der Waals surface area contributed by atoms with Crippen LogP contribution in [0.15, 0.2) is 29.1 Å². The topological polar surface area (TPSA) is 39.4 Å². The first kappa shape index (κ1) is 18.2. The van der Waals surface area contributed by atoms with Gasteiger partial charge in [-0.2, -0.15) is 0 Å². The highest BCUT2D eigenvalue weighted by Gasteiger charge is 2.19. The third-order valence-corrected chi connectivity index (χ3v) is 5.49. The number of fused-ring (bicyclic) bond motifs is 1. The third kappa shape index (κ3) is 4.33. The van der Waals surface area contributed by atoms with E-state index in [1.54, 1.807) is 4.57 Å². The van der Waals surface area contributed by atoms with Crippen LogP contribution in [0.1, 0.15) is 32.6 Å². The molecule has 0 spiro atoms. The van der Waals surface area contributed by atoms with E-state index in [-0.39, 0.29) is 5.69 Å². The van der Waals surface area contributed by atoms with E-state index >= 15 is 0 Å². The lowest BCUT2D eigenvalue weighted by Crippen LogP contribution is -2.35. The molecule has 1 aromatic heterocycles. The molecule has 0 unspecified atom stereocenters. The van der Waals surface area contributed by atoms with E-state index in [1.807, 2.05) is 35.9 Å². The molecule has 3 rings (SSSR count). The van der Waals surface area contributed by atoms with E-state index in [4.69, 9.17) is 4.74 Å². The number of aromatic nitrogens is 2. The number of nitrogens with zero attached hydrogens (tertiary/aromatic N) is 3. The second-order valence-corrected chi connectivity index (χ2v) is 7.11. The zero-order valence-electron chi connectivity index (χ0n) is 15.6. The summed E-state index contributed by atoms with van der Waals surface area (Å²) in [6, 6.07) is 8.05. The van der Waals surface area contributed by atoms with Crippen LogP contribution in [0.5, 0.6) is 0 Å². The van der Waals surface area contributed by atoms with Crippen LogP contribution in [-0.4, -0.2) is 46.9 Å². The van der Waals surface area contributed by atoms with Crippen molar-refractivity contribution < 1.29 is 4.74 Å². The Morgan fingerprint density at radius 1 is 1.12 bits per heavy atom. The summed E-state index contributed by atoms with van der Waals surface area (Å²) in [5.41, 5.74) is 2.16. The normalized spacial score (nSPS) is 16.7. The van der Waals surface area contributed by atoms with Crippen molar-refractivity contribution in [3.05, 3.63) is 34.7 Å². The van der Waals surface area contributed by atoms with Gasteiger partial charge in [0.25, 0.3) is 0 Å². The summed E-state index contributed by atoms with van der Waals surface area (Å²) in [5, 5.41) is 0. The van der Waals surface area contributed by atoms with Crippen molar-refractivity contribution in [2.24, 2.45) is 13.0 Å². The number of hydrogen-bond acceptors (Lipinski definition) is 3. The molecule has 0 atom stereocenters. The van der Waals surface area contributed by atoms with E-state index in [2.05, 4.69) is 11.8 Å². The number of hydrogen-bond donors (Lipinski definition) is 0. The lowest BCUT2D eigenvalue weighted by Gasteiger charge is -2.31. The Bertz CT molecular complexity index is 726. The number of para-hydroxylation sites is 2. The molecule has 1 aromatic carbocycles. The monoisotopic (exact) mass is 345 g/mol. The van der Waals surface area contributed by atoms with Gasteiger partial charge in [-0.15, -0.1) is 0 Å². The van der Waals surface area contributed by atoms with Crippen LogP contribution in [-0.2, 0) is 18.3 Å². The van der Waals surface area contributed by atoms with Crippen LogP contribution in [0.2, 0.25) is 0 Å². The zero-order valence-corrected chi connectivity index (χ0v) is 15.6. The van der Waals surface area contributed by atoms with Crippen molar-refractivity contribution in [2.75, 3.05) is 32.8 Å². The molecule has 0 aliphatic carbocycles. The minimum Gasteiger partial charge on any atom is -0.382 e. The first-order valence-electron chi connectivity index (χ1n) is 9.65. The van der Waals surface area contributed by atoms with E-state index < -0.39 is 0 Å². The van der Waals surface area contributed by atoms with Gasteiger partial charge in [-0.05, 0) is 70.3 Å². The van der Waals surface area contributed by atoms with E-state index in [0.29, 0.717) is 0 Å². The van der Waals surface area contributed by atoms with Gasteiger partial charge < -0.3 is 9.64 Å². The maximum absolute atomic E-state index is 12.4. The van der Waals surface area contributed by atoms with Crippen LogP contribution in [0, 0.1) is 5.92 Å². The maximum Gasteiger partial charge on any atom is 0.328 e. The summed E-state index contributed by atoms with van der Waals surface area (Å²) in [6.07, 6.45) is 4.78. The molecule has 0 radical (unpaired) electrons. The number of ether oxygens (including phenoxy) is 1. The fourth-order valence-electron chi connectivity index (χ4n) is 3.92. The Morgan fingerprint density at radius 3 is 2.56 bits per heavy atom. The Kier molecular flexibility index (Phi) is 6.32. The number of piperidine rings is 1. The first-order valence-corrected chi connectivity index (χ1v) is 9.65. The fourth-order valence-corrected chi connectivity index (χ4v) is 3.92. The van der Waals surface area contributed by atoms with Crippen molar-refractivity contribution in [2.45, 2.75) is 39.2 Å². The summed E-state index contributed by atoms with van der Waals surface area (Å²) in [6.45, 7) is 8.03. The van der Waals surface area contributed by atoms with E-state index in [1.165, 1.54) is 32.4 Å². The van der Waals surface area contributed by atoms with Gasteiger partial charge in [0.2, 0.25) is 0 Å². The standard InChI is InChI=1S/C20H31N3O2/c1-3-25-16-11-17-9-14-22(15-10-17)12-6-13-23-19-8-5-4-7-18(19)21(2)20(23)24/h4-5,7-8,17H,3,6,9-16H2,1-2H3. The molecule has 138 valence electrons. The first-order chi connectivity index (χ1) is 12.2. The van der Waals surface area contributed by atoms with Crippen LogP contribution in [0.4, 0.5) is 0 Å². The van der Waals surface area contributed by atoms with Crippen LogP contribution < -0.4 is 5.69 Å². The minimum absolute atomic E-state index is 0.0934. The molecule has 5 nitrogen and oxygen atoms in total. The summed E-state index contributed by atoms with van der Waals surface area (Å²) in [4.78, 5) is 15.0. The zero-order chi connectivity index (χ0) is 17.6. The Labute approximate surface area is 150 Å². The van der Waals surface area contributed by atoms with E-state index in [9.17, 15) is 4.79 Å².